The van der Waals surface area contributed by atoms with E-state index in [1.54, 1.807) is 18.9 Å². The first kappa shape index (κ1) is 12.4. The molecule has 0 saturated heterocycles. The maximum atomic E-state index is 11.5. The van der Waals surface area contributed by atoms with Crippen LogP contribution in [0.3, 0.4) is 0 Å². The molecule has 1 amide bonds. The van der Waals surface area contributed by atoms with E-state index < -0.39 is 0 Å². The van der Waals surface area contributed by atoms with Crippen molar-refractivity contribution < 1.29 is 9.53 Å². The highest BCUT2D eigenvalue weighted by molar-refractivity contribution is 5.80. The Labute approximate surface area is 80.0 Å². The second kappa shape index (κ2) is 5.94. The Morgan fingerprint density at radius 2 is 2.08 bits per heavy atom. The van der Waals surface area contributed by atoms with Crippen LogP contribution < -0.4 is 5.73 Å². The van der Waals surface area contributed by atoms with E-state index in [9.17, 15) is 4.79 Å². The van der Waals surface area contributed by atoms with Gasteiger partial charge in [-0.2, -0.15) is 0 Å². The van der Waals surface area contributed by atoms with E-state index in [-0.39, 0.29) is 12.0 Å². The lowest BCUT2D eigenvalue weighted by Gasteiger charge is -2.23. The zero-order chi connectivity index (χ0) is 10.4. The molecule has 2 atom stereocenters. The lowest BCUT2D eigenvalue weighted by molar-refractivity contribution is -0.140. The molecule has 0 radical (unpaired) electrons. The van der Waals surface area contributed by atoms with Crippen molar-refractivity contribution in [1.82, 2.24) is 4.90 Å². The van der Waals surface area contributed by atoms with Gasteiger partial charge in [-0.25, -0.2) is 0 Å². The summed E-state index contributed by atoms with van der Waals surface area (Å²) in [5.41, 5.74) is 5.46. The number of hydrogen-bond donors (Lipinski definition) is 1. The molecule has 0 aromatic carbocycles. The number of methoxy groups -OCH3 is 1. The summed E-state index contributed by atoms with van der Waals surface area (Å²) in [6, 6.07) is 0. The van der Waals surface area contributed by atoms with E-state index in [0.717, 1.165) is 0 Å². The molecule has 0 fully saturated rings. The largest absolute Gasteiger partial charge is 0.372 e. The molecule has 0 aromatic rings. The molecule has 0 aromatic heterocycles. The quantitative estimate of drug-likeness (QED) is 0.664. The van der Waals surface area contributed by atoms with Crippen molar-refractivity contribution in [2.24, 2.45) is 11.7 Å². The zero-order valence-corrected chi connectivity index (χ0v) is 8.91. The number of nitrogens with two attached hydrogens (primary N) is 1. The van der Waals surface area contributed by atoms with Crippen molar-refractivity contribution in [3.63, 3.8) is 0 Å². The summed E-state index contributed by atoms with van der Waals surface area (Å²) in [5, 5.41) is 0. The van der Waals surface area contributed by atoms with Gasteiger partial charge >= 0.3 is 0 Å². The summed E-state index contributed by atoms with van der Waals surface area (Å²) in [6.45, 7) is 5.04. The van der Waals surface area contributed by atoms with Gasteiger partial charge in [0.15, 0.2) is 0 Å². The Kier molecular flexibility index (Phi) is 5.66. The predicted molar refractivity (Wildman–Crippen MR) is 52.3 cm³/mol. The van der Waals surface area contributed by atoms with Crippen LogP contribution in [0.4, 0.5) is 0 Å². The van der Waals surface area contributed by atoms with Crippen molar-refractivity contribution in [1.29, 1.82) is 0 Å². The smallest absolute Gasteiger partial charge is 0.251 e. The van der Waals surface area contributed by atoms with Crippen LogP contribution in [0.2, 0.25) is 0 Å². The summed E-state index contributed by atoms with van der Waals surface area (Å²) in [7, 11) is 3.30. The van der Waals surface area contributed by atoms with Gasteiger partial charge in [0.05, 0.1) is 0 Å². The molecule has 0 spiro atoms. The minimum absolute atomic E-state index is 0.00259. The van der Waals surface area contributed by atoms with Gasteiger partial charge in [0.2, 0.25) is 0 Å². The SMILES string of the molecule is COC(C)C(=O)N(C)CC(C)CN. The van der Waals surface area contributed by atoms with E-state index in [1.807, 2.05) is 6.92 Å². The zero-order valence-electron chi connectivity index (χ0n) is 8.91. The maximum Gasteiger partial charge on any atom is 0.251 e. The fourth-order valence-electron chi connectivity index (χ4n) is 1.04. The Hall–Kier alpha value is -0.610. The fraction of sp³-hybridized carbons (Fsp3) is 0.889. The molecule has 0 bridgehead atoms. The molecule has 0 aliphatic rings. The molecule has 0 heterocycles. The Morgan fingerprint density at radius 1 is 1.54 bits per heavy atom. The average molecular weight is 188 g/mol. The summed E-state index contributed by atoms with van der Waals surface area (Å²) in [5.74, 6) is 0.334. The molecule has 13 heavy (non-hydrogen) atoms. The van der Waals surface area contributed by atoms with Gasteiger partial charge in [0.1, 0.15) is 6.10 Å². The predicted octanol–water partition coefficient (Wildman–Crippen LogP) is 0.0745. The van der Waals surface area contributed by atoms with Crippen molar-refractivity contribution in [2.45, 2.75) is 20.0 Å². The third-order valence-corrected chi connectivity index (χ3v) is 2.07. The molecule has 0 saturated carbocycles. The summed E-state index contributed by atoms with van der Waals surface area (Å²) >= 11 is 0. The van der Waals surface area contributed by atoms with Crippen LogP contribution >= 0.6 is 0 Å². The van der Waals surface area contributed by atoms with Crippen LogP contribution in [0.1, 0.15) is 13.8 Å². The van der Waals surface area contributed by atoms with Crippen molar-refractivity contribution >= 4 is 5.91 Å². The lowest BCUT2D eigenvalue weighted by atomic mass is 10.1. The monoisotopic (exact) mass is 188 g/mol. The Morgan fingerprint density at radius 3 is 2.46 bits per heavy atom. The molecular formula is C9H20N2O2. The van der Waals surface area contributed by atoms with Crippen molar-refractivity contribution in [3.05, 3.63) is 0 Å². The normalized spacial score (nSPS) is 15.2. The Bertz CT molecular complexity index is 162. The van der Waals surface area contributed by atoms with Gasteiger partial charge in [0, 0.05) is 20.7 Å². The highest BCUT2D eigenvalue weighted by Gasteiger charge is 2.17. The number of ether oxygens (including phenoxy) is 1. The van der Waals surface area contributed by atoms with E-state index >= 15 is 0 Å². The first-order chi connectivity index (χ1) is 6.02. The van der Waals surface area contributed by atoms with Crippen LogP contribution in [0.5, 0.6) is 0 Å². The molecule has 2 unspecified atom stereocenters. The lowest BCUT2D eigenvalue weighted by Crippen LogP contribution is -2.39. The summed E-state index contributed by atoms with van der Waals surface area (Å²) in [6.07, 6.45) is -0.366. The van der Waals surface area contributed by atoms with Crippen molar-refractivity contribution in [2.75, 3.05) is 27.2 Å². The highest BCUT2D eigenvalue weighted by atomic mass is 16.5. The van der Waals surface area contributed by atoms with E-state index in [0.29, 0.717) is 19.0 Å². The minimum atomic E-state index is -0.366. The number of rotatable bonds is 5. The molecule has 78 valence electrons. The van der Waals surface area contributed by atoms with Gasteiger partial charge in [-0.1, -0.05) is 6.92 Å². The highest BCUT2D eigenvalue weighted by Crippen LogP contribution is 2.00. The van der Waals surface area contributed by atoms with Crippen LogP contribution in [0.25, 0.3) is 0 Å². The third kappa shape index (κ3) is 4.24. The number of amides is 1. The number of carbonyl (C=O) groups is 1. The van der Waals surface area contributed by atoms with Gasteiger partial charge in [-0.3, -0.25) is 4.79 Å². The topological polar surface area (TPSA) is 55.6 Å². The molecule has 0 aliphatic carbocycles. The number of carbonyl (C=O) groups excluding carboxylic acids is 1. The second-order valence-corrected chi connectivity index (χ2v) is 3.44. The Balaban J connectivity index is 3.95. The molecule has 0 aliphatic heterocycles. The van der Waals surface area contributed by atoms with Crippen LogP contribution in [-0.4, -0.2) is 44.2 Å². The molecule has 4 nitrogen and oxygen atoms in total. The number of nitrogens with zero attached hydrogens (tertiary/aromatic N) is 1. The average Bonchev–Trinajstić information content (AvgIpc) is 2.14. The van der Waals surface area contributed by atoms with Crippen molar-refractivity contribution in [3.8, 4) is 0 Å². The number of likely N-dealkylation sites (N-methyl/N-ethyl adjacent to an activating group) is 1. The first-order valence-electron chi connectivity index (χ1n) is 4.50. The van der Waals surface area contributed by atoms with E-state index in [1.165, 1.54) is 7.11 Å². The molecule has 2 N–H and O–H groups in total. The second-order valence-electron chi connectivity index (χ2n) is 3.44. The molecule has 0 rings (SSSR count). The van der Waals surface area contributed by atoms with E-state index in [2.05, 4.69) is 0 Å². The van der Waals surface area contributed by atoms with Crippen LogP contribution in [0.15, 0.2) is 0 Å². The maximum absolute atomic E-state index is 11.5. The minimum Gasteiger partial charge on any atom is -0.372 e. The van der Waals surface area contributed by atoms with E-state index in [4.69, 9.17) is 10.5 Å². The fourth-order valence-corrected chi connectivity index (χ4v) is 1.04. The molecular weight excluding hydrogens is 168 g/mol. The first-order valence-corrected chi connectivity index (χ1v) is 4.50. The van der Waals surface area contributed by atoms with Gasteiger partial charge in [-0.05, 0) is 19.4 Å². The van der Waals surface area contributed by atoms with Gasteiger partial charge in [-0.15, -0.1) is 0 Å². The van der Waals surface area contributed by atoms with Gasteiger partial charge in [0.25, 0.3) is 5.91 Å². The van der Waals surface area contributed by atoms with Crippen LogP contribution in [0, 0.1) is 5.92 Å². The van der Waals surface area contributed by atoms with Gasteiger partial charge < -0.3 is 15.4 Å². The summed E-state index contributed by atoms with van der Waals surface area (Å²) in [4.78, 5) is 13.1. The number of hydrogen-bond acceptors (Lipinski definition) is 3. The third-order valence-electron chi connectivity index (χ3n) is 2.07. The van der Waals surface area contributed by atoms with Crippen LogP contribution in [-0.2, 0) is 9.53 Å². The summed E-state index contributed by atoms with van der Waals surface area (Å²) < 4.78 is 4.93. The standard InChI is InChI=1S/C9H20N2O2/c1-7(5-10)6-11(3)9(12)8(2)13-4/h7-8H,5-6,10H2,1-4H3. The molecule has 4 heteroatoms.